The Kier molecular flexibility index (Phi) is 5.49. The molecule has 16 heavy (non-hydrogen) atoms. The van der Waals surface area contributed by atoms with Crippen molar-refractivity contribution in [3.63, 3.8) is 0 Å². The largest absolute Gasteiger partial charge is 0.481 e. The van der Waals surface area contributed by atoms with Crippen LogP contribution >= 0.6 is 11.3 Å². The molecule has 1 aromatic heterocycles. The van der Waals surface area contributed by atoms with Gasteiger partial charge in [-0.25, -0.2) is 0 Å². The van der Waals surface area contributed by atoms with Crippen LogP contribution in [0.25, 0.3) is 0 Å². The number of likely N-dealkylation sites (N-methyl/N-ethyl adjacent to an activating group) is 1. The molecule has 0 aromatic carbocycles. The van der Waals surface area contributed by atoms with E-state index in [9.17, 15) is 4.79 Å². The van der Waals surface area contributed by atoms with Gasteiger partial charge in [0.1, 0.15) is 0 Å². The summed E-state index contributed by atoms with van der Waals surface area (Å²) in [6.45, 7) is 5.96. The van der Waals surface area contributed by atoms with Gasteiger partial charge in [-0.15, -0.1) is 11.3 Å². The van der Waals surface area contributed by atoms with Crippen LogP contribution in [0.4, 0.5) is 0 Å². The van der Waals surface area contributed by atoms with Crippen molar-refractivity contribution < 1.29 is 9.90 Å². The van der Waals surface area contributed by atoms with Crippen molar-refractivity contribution >= 4 is 17.3 Å². The molecule has 4 heteroatoms. The molecule has 0 radical (unpaired) electrons. The lowest BCUT2D eigenvalue weighted by molar-refractivity contribution is -0.138. The Hall–Kier alpha value is -0.870. The third kappa shape index (κ3) is 3.94. The van der Waals surface area contributed by atoms with Crippen molar-refractivity contribution in [3.8, 4) is 0 Å². The van der Waals surface area contributed by atoms with Crippen molar-refractivity contribution in [1.82, 2.24) is 4.90 Å². The quantitative estimate of drug-likeness (QED) is 0.797. The predicted molar refractivity (Wildman–Crippen MR) is 67.0 cm³/mol. The minimum Gasteiger partial charge on any atom is -0.481 e. The van der Waals surface area contributed by atoms with Crippen LogP contribution in [0.15, 0.2) is 17.5 Å². The topological polar surface area (TPSA) is 40.5 Å². The molecule has 1 atom stereocenters. The van der Waals surface area contributed by atoms with Gasteiger partial charge in [0.15, 0.2) is 0 Å². The molecule has 1 heterocycles. The summed E-state index contributed by atoms with van der Waals surface area (Å²) in [5.41, 5.74) is 0. The maximum atomic E-state index is 10.9. The smallest absolute Gasteiger partial charge is 0.304 e. The van der Waals surface area contributed by atoms with E-state index in [0.717, 1.165) is 19.5 Å². The minimum absolute atomic E-state index is 0.117. The molecule has 0 saturated carbocycles. The molecule has 0 amide bonds. The number of nitrogens with zero attached hydrogens (tertiary/aromatic N) is 1. The monoisotopic (exact) mass is 241 g/mol. The highest BCUT2D eigenvalue weighted by molar-refractivity contribution is 7.09. The fourth-order valence-corrected chi connectivity index (χ4v) is 2.71. The molecule has 0 saturated heterocycles. The first kappa shape index (κ1) is 13.2. The van der Waals surface area contributed by atoms with E-state index < -0.39 is 5.97 Å². The summed E-state index contributed by atoms with van der Waals surface area (Å²) in [5, 5.41) is 11.0. The fourth-order valence-electron chi connectivity index (χ4n) is 1.93. The van der Waals surface area contributed by atoms with Crippen LogP contribution in [0.3, 0.4) is 0 Å². The summed E-state index contributed by atoms with van der Waals surface area (Å²) in [5.74, 6) is -0.714. The molecule has 1 N–H and O–H groups in total. The number of hydrogen-bond donors (Lipinski definition) is 1. The number of carboxylic acid groups (broad SMARTS) is 1. The van der Waals surface area contributed by atoms with Crippen LogP contribution in [0.1, 0.15) is 25.1 Å². The Labute approximate surface area is 101 Å². The Morgan fingerprint density at radius 1 is 1.50 bits per heavy atom. The molecule has 0 spiro atoms. The maximum Gasteiger partial charge on any atom is 0.304 e. The zero-order valence-electron chi connectivity index (χ0n) is 9.85. The van der Waals surface area contributed by atoms with Gasteiger partial charge >= 0.3 is 5.97 Å². The van der Waals surface area contributed by atoms with E-state index in [4.69, 9.17) is 5.11 Å². The molecule has 0 aliphatic rings. The normalized spacial score (nSPS) is 12.9. The molecule has 0 bridgehead atoms. The molecule has 1 rings (SSSR count). The van der Waals surface area contributed by atoms with Gasteiger partial charge in [-0.2, -0.15) is 0 Å². The van der Waals surface area contributed by atoms with Crippen LogP contribution in [0, 0.1) is 0 Å². The van der Waals surface area contributed by atoms with E-state index in [1.807, 2.05) is 11.4 Å². The average molecular weight is 241 g/mol. The number of thiophene rings is 1. The van der Waals surface area contributed by atoms with Crippen molar-refractivity contribution in [3.05, 3.63) is 22.4 Å². The highest BCUT2D eigenvalue weighted by Crippen LogP contribution is 2.16. The number of hydrogen-bond acceptors (Lipinski definition) is 3. The zero-order valence-corrected chi connectivity index (χ0v) is 10.7. The van der Waals surface area contributed by atoms with E-state index in [1.165, 1.54) is 4.88 Å². The molecule has 0 fully saturated rings. The highest BCUT2D eigenvalue weighted by Gasteiger charge is 2.19. The van der Waals surface area contributed by atoms with Gasteiger partial charge in [-0.1, -0.05) is 19.9 Å². The fraction of sp³-hybridized carbons (Fsp3) is 0.583. The van der Waals surface area contributed by atoms with Crippen molar-refractivity contribution in [2.24, 2.45) is 0 Å². The summed E-state index contributed by atoms with van der Waals surface area (Å²) in [4.78, 5) is 14.3. The van der Waals surface area contributed by atoms with E-state index >= 15 is 0 Å². The predicted octanol–water partition coefficient (Wildman–Crippen LogP) is 2.48. The Balaban J connectivity index is 2.66. The SMILES string of the molecule is CCN(CC)C(CC(=O)O)Cc1cccs1. The first-order chi connectivity index (χ1) is 7.67. The summed E-state index contributed by atoms with van der Waals surface area (Å²) >= 11 is 1.70. The lowest BCUT2D eigenvalue weighted by Gasteiger charge is -2.28. The van der Waals surface area contributed by atoms with Crippen LogP contribution in [-0.2, 0) is 11.2 Å². The van der Waals surface area contributed by atoms with E-state index in [-0.39, 0.29) is 12.5 Å². The van der Waals surface area contributed by atoms with Gasteiger partial charge in [0.05, 0.1) is 6.42 Å². The summed E-state index contributed by atoms with van der Waals surface area (Å²) in [6.07, 6.45) is 1.06. The Bertz CT molecular complexity index is 307. The summed E-state index contributed by atoms with van der Waals surface area (Å²) in [7, 11) is 0. The third-order valence-corrected chi connectivity index (χ3v) is 3.65. The van der Waals surface area contributed by atoms with Gasteiger partial charge in [-0.05, 0) is 31.0 Å². The molecular formula is C12H19NO2S. The van der Waals surface area contributed by atoms with Gasteiger partial charge < -0.3 is 5.11 Å². The second-order valence-electron chi connectivity index (χ2n) is 3.76. The average Bonchev–Trinajstić information content (AvgIpc) is 2.71. The van der Waals surface area contributed by atoms with Gasteiger partial charge in [-0.3, -0.25) is 9.69 Å². The number of rotatable bonds is 7. The van der Waals surface area contributed by atoms with E-state index in [0.29, 0.717) is 0 Å². The molecule has 0 aliphatic heterocycles. The van der Waals surface area contributed by atoms with E-state index in [1.54, 1.807) is 11.3 Å². The van der Waals surface area contributed by atoms with Crippen LogP contribution < -0.4 is 0 Å². The van der Waals surface area contributed by atoms with Gasteiger partial charge in [0.25, 0.3) is 0 Å². The first-order valence-corrected chi connectivity index (χ1v) is 6.53. The van der Waals surface area contributed by atoms with Crippen molar-refractivity contribution in [2.45, 2.75) is 32.7 Å². The summed E-state index contributed by atoms with van der Waals surface area (Å²) in [6, 6.07) is 4.20. The van der Waals surface area contributed by atoms with Crippen molar-refractivity contribution in [1.29, 1.82) is 0 Å². The van der Waals surface area contributed by atoms with Crippen LogP contribution in [0.5, 0.6) is 0 Å². The lowest BCUT2D eigenvalue weighted by Crippen LogP contribution is -2.38. The van der Waals surface area contributed by atoms with E-state index in [2.05, 4.69) is 24.8 Å². The molecule has 0 aliphatic carbocycles. The Morgan fingerprint density at radius 2 is 2.19 bits per heavy atom. The summed E-state index contributed by atoms with van der Waals surface area (Å²) < 4.78 is 0. The molecular weight excluding hydrogens is 222 g/mol. The minimum atomic E-state index is -0.714. The molecule has 1 unspecified atom stereocenters. The first-order valence-electron chi connectivity index (χ1n) is 5.65. The second kappa shape index (κ2) is 6.66. The van der Waals surface area contributed by atoms with Crippen LogP contribution in [-0.4, -0.2) is 35.1 Å². The number of carbonyl (C=O) groups is 1. The Morgan fingerprint density at radius 3 is 2.62 bits per heavy atom. The van der Waals surface area contributed by atoms with Gasteiger partial charge in [0, 0.05) is 10.9 Å². The van der Waals surface area contributed by atoms with Gasteiger partial charge in [0.2, 0.25) is 0 Å². The maximum absolute atomic E-state index is 10.9. The van der Waals surface area contributed by atoms with Crippen LogP contribution in [0.2, 0.25) is 0 Å². The lowest BCUT2D eigenvalue weighted by atomic mass is 10.1. The third-order valence-electron chi connectivity index (χ3n) is 2.76. The highest BCUT2D eigenvalue weighted by atomic mass is 32.1. The zero-order chi connectivity index (χ0) is 12.0. The number of aliphatic carboxylic acids is 1. The molecule has 90 valence electrons. The molecule has 3 nitrogen and oxygen atoms in total. The number of carboxylic acids is 1. The standard InChI is InChI=1S/C12H19NO2S/c1-3-13(4-2)10(9-12(14)15)8-11-6-5-7-16-11/h5-7,10H,3-4,8-9H2,1-2H3,(H,14,15). The van der Waals surface area contributed by atoms with Crippen molar-refractivity contribution in [2.75, 3.05) is 13.1 Å². The molecule has 1 aromatic rings. The second-order valence-corrected chi connectivity index (χ2v) is 4.79.